The molecule has 0 radical (unpaired) electrons. The zero-order valence-corrected chi connectivity index (χ0v) is 14.1. The molecule has 2 aromatic rings. The molecule has 0 heterocycles. The normalized spacial score (nSPS) is 11.2. The summed E-state index contributed by atoms with van der Waals surface area (Å²) in [5, 5.41) is 3.03. The van der Waals surface area contributed by atoms with E-state index in [1.807, 2.05) is 37.3 Å². The number of aryl methyl sites for hydroxylation is 1. The van der Waals surface area contributed by atoms with Crippen LogP contribution in [0, 0.1) is 0 Å². The largest absolute Gasteiger partial charge is 0.406 e. The van der Waals surface area contributed by atoms with Gasteiger partial charge in [0.25, 0.3) is 0 Å². The number of hydrogen-bond donors (Lipinski definition) is 1. The lowest BCUT2D eigenvalue weighted by molar-refractivity contribution is -0.138. The third kappa shape index (κ3) is 5.53. The summed E-state index contributed by atoms with van der Waals surface area (Å²) in [6.45, 7) is 0.990. The van der Waals surface area contributed by atoms with Crippen molar-refractivity contribution in [3.63, 3.8) is 0 Å². The van der Waals surface area contributed by atoms with E-state index in [9.17, 15) is 13.2 Å². The summed E-state index contributed by atoms with van der Waals surface area (Å²) in [4.78, 5) is 1.14. The first kappa shape index (κ1) is 18.3. The maximum atomic E-state index is 12.9. The van der Waals surface area contributed by atoms with Crippen LogP contribution in [-0.2, 0) is 13.0 Å². The van der Waals surface area contributed by atoms with Crippen molar-refractivity contribution < 1.29 is 13.2 Å². The van der Waals surface area contributed by atoms with Crippen LogP contribution in [0.3, 0.4) is 0 Å². The molecule has 0 aliphatic heterocycles. The smallest absolute Gasteiger partial charge is 0.336 e. The van der Waals surface area contributed by atoms with Crippen molar-refractivity contribution in [1.82, 2.24) is 4.90 Å². The molecule has 0 aromatic heterocycles. The Morgan fingerprint density at radius 2 is 1.67 bits per heavy atom. The van der Waals surface area contributed by atoms with E-state index in [1.165, 1.54) is 0 Å². The molecule has 0 aliphatic carbocycles. The number of hydrogen-bond acceptors (Lipinski definition) is 1. The van der Waals surface area contributed by atoms with Gasteiger partial charge in [0.1, 0.15) is 6.54 Å². The Bertz CT molecular complexity index is 671. The minimum atomic E-state index is -4.33. The van der Waals surface area contributed by atoms with Crippen LogP contribution in [0.4, 0.5) is 18.9 Å². The molecular weight excluding hydrogens is 333 g/mol. The van der Waals surface area contributed by atoms with E-state index in [0.717, 1.165) is 28.1 Å². The van der Waals surface area contributed by atoms with Gasteiger partial charge in [0.2, 0.25) is 0 Å². The first-order chi connectivity index (χ1) is 11.4. The lowest BCUT2D eigenvalue weighted by Gasteiger charge is -2.27. The molecule has 2 aromatic carbocycles. The highest BCUT2D eigenvalue weighted by molar-refractivity contribution is 7.80. The number of alkyl halides is 3. The number of para-hydroxylation sites is 1. The summed E-state index contributed by atoms with van der Waals surface area (Å²) < 4.78 is 38.8. The second-order valence-corrected chi connectivity index (χ2v) is 5.78. The summed E-state index contributed by atoms with van der Waals surface area (Å²) in [6, 6.07) is 16.5. The maximum Gasteiger partial charge on any atom is 0.406 e. The molecule has 0 saturated carbocycles. The molecule has 24 heavy (non-hydrogen) atoms. The molecule has 0 amide bonds. The van der Waals surface area contributed by atoms with Crippen LogP contribution in [0.2, 0.25) is 0 Å². The van der Waals surface area contributed by atoms with E-state index in [1.54, 1.807) is 24.3 Å². The van der Waals surface area contributed by atoms with E-state index in [0.29, 0.717) is 0 Å². The fraction of sp³-hybridized carbons (Fsp3) is 0.278. The highest BCUT2D eigenvalue weighted by atomic mass is 32.1. The molecule has 0 saturated heterocycles. The SMILES string of the molecule is CCc1ccccc1NC(=S)N(Cc1ccccc1)CC(F)(F)F. The fourth-order valence-corrected chi connectivity index (χ4v) is 2.60. The third-order valence-electron chi connectivity index (χ3n) is 3.51. The van der Waals surface area contributed by atoms with Crippen LogP contribution in [0.25, 0.3) is 0 Å². The number of anilines is 1. The molecule has 0 atom stereocenters. The summed E-state index contributed by atoms with van der Waals surface area (Å²) in [7, 11) is 0. The molecule has 0 aliphatic rings. The summed E-state index contributed by atoms with van der Waals surface area (Å²) in [5.41, 5.74) is 2.52. The Labute approximate surface area is 145 Å². The Morgan fingerprint density at radius 1 is 1.04 bits per heavy atom. The van der Waals surface area contributed by atoms with Gasteiger partial charge >= 0.3 is 6.18 Å². The molecule has 2 rings (SSSR count). The Morgan fingerprint density at radius 3 is 2.29 bits per heavy atom. The van der Waals surface area contributed by atoms with Gasteiger partial charge in [0, 0.05) is 12.2 Å². The van der Waals surface area contributed by atoms with Gasteiger partial charge < -0.3 is 10.2 Å². The lowest BCUT2D eigenvalue weighted by Crippen LogP contribution is -2.41. The number of thiocarbonyl (C=S) groups is 1. The average Bonchev–Trinajstić information content (AvgIpc) is 2.54. The number of halogens is 3. The predicted molar refractivity (Wildman–Crippen MR) is 94.9 cm³/mol. The number of nitrogens with one attached hydrogen (secondary N) is 1. The van der Waals surface area contributed by atoms with E-state index in [-0.39, 0.29) is 11.7 Å². The zero-order valence-electron chi connectivity index (χ0n) is 13.3. The molecule has 0 fully saturated rings. The maximum absolute atomic E-state index is 12.9. The number of rotatable bonds is 5. The molecule has 6 heteroatoms. The second-order valence-electron chi connectivity index (χ2n) is 5.40. The Kier molecular flexibility index (Phi) is 6.20. The first-order valence-electron chi connectivity index (χ1n) is 7.63. The van der Waals surface area contributed by atoms with Crippen LogP contribution in [0.15, 0.2) is 54.6 Å². The average molecular weight is 352 g/mol. The summed E-state index contributed by atoms with van der Waals surface area (Å²) in [6.07, 6.45) is -3.56. The van der Waals surface area contributed by atoms with Crippen LogP contribution < -0.4 is 5.32 Å². The van der Waals surface area contributed by atoms with Gasteiger partial charge in [-0.2, -0.15) is 13.2 Å². The highest BCUT2D eigenvalue weighted by Crippen LogP contribution is 2.21. The summed E-state index contributed by atoms with van der Waals surface area (Å²) >= 11 is 5.25. The minimum absolute atomic E-state index is 0.0667. The quantitative estimate of drug-likeness (QED) is 0.762. The predicted octanol–water partition coefficient (Wildman–Crippen LogP) is 5.01. The molecule has 1 N–H and O–H groups in total. The third-order valence-corrected chi connectivity index (χ3v) is 3.87. The number of nitrogens with zero attached hydrogens (tertiary/aromatic N) is 1. The van der Waals surface area contributed by atoms with E-state index < -0.39 is 12.7 Å². The lowest BCUT2D eigenvalue weighted by atomic mass is 10.1. The Hall–Kier alpha value is -2.08. The molecule has 2 nitrogen and oxygen atoms in total. The van der Waals surface area contributed by atoms with Crippen molar-refractivity contribution in [3.05, 3.63) is 65.7 Å². The van der Waals surface area contributed by atoms with Gasteiger partial charge in [-0.05, 0) is 35.8 Å². The molecular formula is C18H19F3N2S. The Balaban J connectivity index is 2.17. The standard InChI is InChI=1S/C18H19F3N2S/c1-2-15-10-6-7-11-16(15)22-17(24)23(13-18(19,20)21)12-14-8-4-3-5-9-14/h3-11H,2,12-13H2,1H3,(H,22,24). The van der Waals surface area contributed by atoms with E-state index in [4.69, 9.17) is 12.2 Å². The van der Waals surface area contributed by atoms with Crippen molar-refractivity contribution in [1.29, 1.82) is 0 Å². The van der Waals surface area contributed by atoms with Crippen LogP contribution in [0.1, 0.15) is 18.1 Å². The molecule has 0 unspecified atom stereocenters. The minimum Gasteiger partial charge on any atom is -0.336 e. The summed E-state index contributed by atoms with van der Waals surface area (Å²) in [5.74, 6) is 0. The zero-order chi connectivity index (χ0) is 17.6. The topological polar surface area (TPSA) is 15.3 Å². The van der Waals surface area contributed by atoms with Gasteiger partial charge in [-0.25, -0.2) is 0 Å². The van der Waals surface area contributed by atoms with Gasteiger partial charge in [-0.15, -0.1) is 0 Å². The van der Waals surface area contributed by atoms with Crippen molar-refractivity contribution in [2.45, 2.75) is 26.1 Å². The fourth-order valence-electron chi connectivity index (χ4n) is 2.36. The van der Waals surface area contributed by atoms with Gasteiger partial charge in [-0.1, -0.05) is 55.5 Å². The van der Waals surface area contributed by atoms with Gasteiger partial charge in [0.05, 0.1) is 0 Å². The van der Waals surface area contributed by atoms with Gasteiger partial charge in [-0.3, -0.25) is 0 Å². The van der Waals surface area contributed by atoms with Crippen LogP contribution in [-0.4, -0.2) is 22.7 Å². The van der Waals surface area contributed by atoms with E-state index >= 15 is 0 Å². The molecule has 0 bridgehead atoms. The van der Waals surface area contributed by atoms with Crippen LogP contribution >= 0.6 is 12.2 Å². The monoisotopic (exact) mass is 352 g/mol. The van der Waals surface area contributed by atoms with Crippen molar-refractivity contribution in [2.24, 2.45) is 0 Å². The van der Waals surface area contributed by atoms with Crippen molar-refractivity contribution in [3.8, 4) is 0 Å². The first-order valence-corrected chi connectivity index (χ1v) is 8.04. The molecule has 0 spiro atoms. The number of benzene rings is 2. The second kappa shape index (κ2) is 8.15. The van der Waals surface area contributed by atoms with Gasteiger partial charge in [0.15, 0.2) is 5.11 Å². The molecule has 128 valence electrons. The van der Waals surface area contributed by atoms with Crippen LogP contribution in [0.5, 0.6) is 0 Å². The van der Waals surface area contributed by atoms with Crippen molar-refractivity contribution >= 4 is 23.0 Å². The van der Waals surface area contributed by atoms with E-state index in [2.05, 4.69) is 5.32 Å². The highest BCUT2D eigenvalue weighted by Gasteiger charge is 2.32. The van der Waals surface area contributed by atoms with Crippen molar-refractivity contribution in [2.75, 3.05) is 11.9 Å².